The topological polar surface area (TPSA) is 59.4 Å². The normalized spacial score (nSPS) is 14.1. The molecule has 2 aromatic carbocycles. The third-order valence-corrected chi connectivity index (χ3v) is 6.49. The Kier molecular flexibility index (Phi) is 7.53. The molecule has 1 amide bonds. The standard InChI is InChI=1S/C28H22F6N4O2/c29-22-6-3-17(12-23(22)30)2-1-10-37-11-8-24-21(16-37)20-5-4-19(40-28(32,33)34)14-25(20)38(24)27(39)36-15-18-7-9-35-26(31)13-18/h1-7,9,12-14H,8,10-11,15-16H2,(H,36,39)/b2-1+. The number of carbonyl (C=O) groups excluding carboxylic acids is 1. The van der Waals surface area contributed by atoms with Gasteiger partial charge in [0.05, 0.1) is 5.52 Å². The lowest BCUT2D eigenvalue weighted by molar-refractivity contribution is -0.274. The molecule has 1 N–H and O–H groups in total. The van der Waals surface area contributed by atoms with Gasteiger partial charge in [-0.25, -0.2) is 18.6 Å². The van der Waals surface area contributed by atoms with Crippen LogP contribution in [0, 0.1) is 17.6 Å². The second kappa shape index (κ2) is 11.0. The lowest BCUT2D eigenvalue weighted by Gasteiger charge is -2.27. The van der Waals surface area contributed by atoms with Crippen LogP contribution in [0.3, 0.4) is 0 Å². The summed E-state index contributed by atoms with van der Waals surface area (Å²) in [6.45, 7) is 1.36. The lowest BCUT2D eigenvalue weighted by Crippen LogP contribution is -2.34. The van der Waals surface area contributed by atoms with Crippen molar-refractivity contribution in [2.45, 2.75) is 25.9 Å². The Morgan fingerprint density at radius 1 is 1.05 bits per heavy atom. The van der Waals surface area contributed by atoms with E-state index in [4.69, 9.17) is 0 Å². The molecule has 0 unspecified atom stereocenters. The molecule has 0 radical (unpaired) electrons. The van der Waals surface area contributed by atoms with E-state index in [1.807, 2.05) is 0 Å². The minimum Gasteiger partial charge on any atom is -0.406 e. The molecular weight excluding hydrogens is 538 g/mol. The maximum absolute atomic E-state index is 13.5. The summed E-state index contributed by atoms with van der Waals surface area (Å²) >= 11 is 0. The van der Waals surface area contributed by atoms with Gasteiger partial charge in [0.2, 0.25) is 5.95 Å². The predicted molar refractivity (Wildman–Crippen MR) is 135 cm³/mol. The highest BCUT2D eigenvalue weighted by Gasteiger charge is 2.32. The fourth-order valence-corrected chi connectivity index (χ4v) is 4.74. The molecule has 0 fully saturated rings. The van der Waals surface area contributed by atoms with E-state index in [1.54, 1.807) is 12.2 Å². The van der Waals surface area contributed by atoms with E-state index in [9.17, 15) is 31.1 Å². The molecule has 4 aromatic rings. The third-order valence-electron chi connectivity index (χ3n) is 6.49. The van der Waals surface area contributed by atoms with Gasteiger partial charge in [0.25, 0.3) is 0 Å². The number of amides is 1. The van der Waals surface area contributed by atoms with Crippen molar-refractivity contribution in [3.63, 3.8) is 0 Å². The van der Waals surface area contributed by atoms with Gasteiger partial charge in [-0.1, -0.05) is 18.2 Å². The molecule has 0 atom stereocenters. The van der Waals surface area contributed by atoms with E-state index >= 15 is 0 Å². The quantitative estimate of drug-likeness (QED) is 0.226. The fraction of sp³-hybridized carbons (Fsp3) is 0.214. The van der Waals surface area contributed by atoms with Crippen LogP contribution in [0.15, 0.2) is 60.8 Å². The maximum atomic E-state index is 13.5. The Morgan fingerprint density at radius 3 is 2.62 bits per heavy atom. The smallest absolute Gasteiger partial charge is 0.406 e. The van der Waals surface area contributed by atoms with Crippen molar-refractivity contribution in [3.8, 4) is 5.75 Å². The van der Waals surface area contributed by atoms with Crippen LogP contribution in [0.4, 0.5) is 31.1 Å². The first-order valence-electron chi connectivity index (χ1n) is 12.2. The number of alkyl halides is 3. The van der Waals surface area contributed by atoms with Crippen LogP contribution in [-0.2, 0) is 19.5 Å². The minimum atomic E-state index is -4.91. The summed E-state index contributed by atoms with van der Waals surface area (Å²) < 4.78 is 84.3. The SMILES string of the molecule is O=C(NCc1ccnc(F)c1)n1c2c(c3ccc(OC(F)(F)F)cc31)CN(C/C=C/c1ccc(F)c(F)c1)CC2. The fourth-order valence-electron chi connectivity index (χ4n) is 4.74. The minimum absolute atomic E-state index is 0.0215. The van der Waals surface area contributed by atoms with Crippen molar-refractivity contribution in [1.29, 1.82) is 0 Å². The molecular formula is C28H22F6N4O2. The van der Waals surface area contributed by atoms with E-state index < -0.39 is 35.7 Å². The van der Waals surface area contributed by atoms with Crippen LogP contribution < -0.4 is 10.1 Å². The third kappa shape index (κ3) is 6.12. The predicted octanol–water partition coefficient (Wildman–Crippen LogP) is 6.18. The molecule has 0 bridgehead atoms. The number of rotatable bonds is 6. The summed E-state index contributed by atoms with van der Waals surface area (Å²) in [5, 5.41) is 3.28. The number of pyridine rings is 1. The zero-order chi connectivity index (χ0) is 28.4. The van der Waals surface area contributed by atoms with Crippen molar-refractivity contribution in [3.05, 3.63) is 101 Å². The summed E-state index contributed by atoms with van der Waals surface area (Å²) in [7, 11) is 0. The van der Waals surface area contributed by atoms with Gasteiger partial charge in [-0.05, 0) is 53.1 Å². The van der Waals surface area contributed by atoms with Crippen molar-refractivity contribution < 1.29 is 35.9 Å². The van der Waals surface area contributed by atoms with E-state index in [0.717, 1.165) is 17.7 Å². The first-order chi connectivity index (χ1) is 19.1. The second-order valence-corrected chi connectivity index (χ2v) is 9.19. The van der Waals surface area contributed by atoms with E-state index in [-0.39, 0.29) is 12.1 Å². The summed E-state index contributed by atoms with van der Waals surface area (Å²) in [5.41, 5.74) is 2.61. The van der Waals surface area contributed by atoms with Gasteiger partial charge < -0.3 is 10.1 Å². The molecule has 1 aliphatic heterocycles. The van der Waals surface area contributed by atoms with Crippen LogP contribution in [0.1, 0.15) is 22.4 Å². The average Bonchev–Trinajstić information content (AvgIpc) is 3.21. The Morgan fingerprint density at radius 2 is 1.88 bits per heavy atom. The Balaban J connectivity index is 1.42. The zero-order valence-electron chi connectivity index (χ0n) is 20.8. The number of ether oxygens (including phenoxy) is 1. The number of fused-ring (bicyclic) bond motifs is 3. The summed E-state index contributed by atoms with van der Waals surface area (Å²) in [5.74, 6) is -3.05. The monoisotopic (exact) mass is 560 g/mol. The number of nitrogens with zero attached hydrogens (tertiary/aromatic N) is 3. The van der Waals surface area contributed by atoms with Gasteiger partial charge in [0, 0.05) is 55.9 Å². The van der Waals surface area contributed by atoms with E-state index in [0.29, 0.717) is 48.3 Å². The summed E-state index contributed by atoms with van der Waals surface area (Å²) in [6.07, 6.45) is 0.231. The summed E-state index contributed by atoms with van der Waals surface area (Å²) in [4.78, 5) is 18.8. The van der Waals surface area contributed by atoms with Crippen LogP contribution in [0.2, 0.25) is 0 Å². The highest BCUT2D eigenvalue weighted by Crippen LogP contribution is 2.34. The number of aromatic nitrogens is 2. The highest BCUT2D eigenvalue weighted by molar-refractivity contribution is 5.96. The van der Waals surface area contributed by atoms with Gasteiger partial charge in [0.15, 0.2) is 11.6 Å². The van der Waals surface area contributed by atoms with Crippen LogP contribution in [0.5, 0.6) is 5.75 Å². The molecule has 0 saturated carbocycles. The van der Waals surface area contributed by atoms with Crippen LogP contribution in [-0.4, -0.2) is 39.9 Å². The van der Waals surface area contributed by atoms with Gasteiger partial charge in [0.1, 0.15) is 5.75 Å². The van der Waals surface area contributed by atoms with Gasteiger partial charge in [-0.2, -0.15) is 4.39 Å². The molecule has 1 aliphatic rings. The Bertz CT molecular complexity index is 1600. The van der Waals surface area contributed by atoms with Gasteiger partial charge in [-0.15, -0.1) is 13.2 Å². The van der Waals surface area contributed by atoms with Gasteiger partial charge in [-0.3, -0.25) is 9.47 Å². The molecule has 40 heavy (non-hydrogen) atoms. The van der Waals surface area contributed by atoms with Crippen molar-refractivity contribution >= 4 is 23.0 Å². The van der Waals surface area contributed by atoms with Crippen LogP contribution in [0.25, 0.3) is 17.0 Å². The maximum Gasteiger partial charge on any atom is 0.573 e. The number of halogens is 6. The number of nitrogens with one attached hydrogen (secondary N) is 1. The molecule has 5 rings (SSSR count). The molecule has 0 spiro atoms. The molecule has 0 aliphatic carbocycles. The highest BCUT2D eigenvalue weighted by atomic mass is 19.4. The molecule has 3 heterocycles. The lowest BCUT2D eigenvalue weighted by atomic mass is 10.0. The molecule has 0 saturated heterocycles. The molecule has 208 valence electrons. The van der Waals surface area contributed by atoms with Crippen LogP contribution >= 0.6 is 0 Å². The largest absolute Gasteiger partial charge is 0.573 e. The van der Waals surface area contributed by atoms with Crippen molar-refractivity contribution in [2.24, 2.45) is 0 Å². The van der Waals surface area contributed by atoms with Crippen molar-refractivity contribution in [2.75, 3.05) is 13.1 Å². The average molecular weight is 560 g/mol. The number of hydrogen-bond donors (Lipinski definition) is 1. The van der Waals surface area contributed by atoms with Gasteiger partial charge >= 0.3 is 12.4 Å². The van der Waals surface area contributed by atoms with E-state index in [2.05, 4.69) is 19.9 Å². The molecule has 2 aromatic heterocycles. The first-order valence-corrected chi connectivity index (χ1v) is 12.2. The molecule has 6 nitrogen and oxygen atoms in total. The number of hydrogen-bond acceptors (Lipinski definition) is 4. The Hall–Kier alpha value is -4.32. The Labute approximate surface area is 224 Å². The van der Waals surface area contributed by atoms with E-state index in [1.165, 1.54) is 47.2 Å². The first kappa shape index (κ1) is 27.3. The number of benzene rings is 2. The molecule has 12 heteroatoms. The number of carbonyl (C=O) groups is 1. The van der Waals surface area contributed by atoms with Crippen molar-refractivity contribution in [1.82, 2.24) is 19.8 Å². The zero-order valence-corrected chi connectivity index (χ0v) is 20.8. The second-order valence-electron chi connectivity index (χ2n) is 9.19. The summed E-state index contributed by atoms with van der Waals surface area (Å²) in [6, 6.07) is 9.56.